The molecule has 0 spiro atoms. The first-order valence-corrected chi connectivity index (χ1v) is 7.21. The minimum Gasteiger partial charge on any atom is -0.491 e. The second-order valence-corrected chi connectivity index (χ2v) is 5.38. The minimum atomic E-state index is -0.504. The molecule has 2 atom stereocenters. The summed E-state index contributed by atoms with van der Waals surface area (Å²) in [5, 5.41) is 13.9. The highest BCUT2D eigenvalue weighted by molar-refractivity contribution is 6.31. The van der Waals surface area contributed by atoms with Gasteiger partial charge in [-0.3, -0.25) is 0 Å². The first kappa shape index (κ1) is 16.3. The van der Waals surface area contributed by atoms with E-state index in [1.807, 2.05) is 19.1 Å². The fourth-order valence-corrected chi connectivity index (χ4v) is 1.95. The van der Waals surface area contributed by atoms with Crippen LogP contribution >= 0.6 is 11.6 Å². The largest absolute Gasteiger partial charge is 0.491 e. The predicted octanol–water partition coefficient (Wildman–Crippen LogP) is 3.17. The molecule has 0 aliphatic rings. The quantitative estimate of drug-likeness (QED) is 0.771. The number of halogens is 1. The van der Waals surface area contributed by atoms with E-state index in [1.165, 1.54) is 0 Å². The molecule has 2 unspecified atom stereocenters. The Morgan fingerprint density at radius 1 is 1.42 bits per heavy atom. The fourth-order valence-electron chi connectivity index (χ4n) is 1.83. The van der Waals surface area contributed by atoms with Crippen LogP contribution in [-0.4, -0.2) is 30.4 Å². The molecule has 0 radical (unpaired) electrons. The Labute approximate surface area is 120 Å². The molecule has 0 saturated heterocycles. The zero-order valence-electron chi connectivity index (χ0n) is 11.9. The number of hydrogen-bond acceptors (Lipinski definition) is 3. The summed E-state index contributed by atoms with van der Waals surface area (Å²) < 4.78 is 5.55. The topological polar surface area (TPSA) is 41.5 Å². The number of aliphatic hydroxyl groups is 1. The van der Waals surface area contributed by atoms with E-state index in [9.17, 15) is 5.11 Å². The molecule has 2 N–H and O–H groups in total. The van der Waals surface area contributed by atoms with E-state index in [0.29, 0.717) is 12.6 Å². The zero-order chi connectivity index (χ0) is 14.3. The first-order chi connectivity index (χ1) is 9.02. The smallest absolute Gasteiger partial charge is 0.119 e. The first-order valence-electron chi connectivity index (χ1n) is 6.83. The van der Waals surface area contributed by atoms with Crippen LogP contribution in [-0.2, 0) is 0 Å². The van der Waals surface area contributed by atoms with Crippen LogP contribution in [0.2, 0.25) is 5.02 Å². The number of rotatable bonds is 8. The molecule has 3 nitrogen and oxygen atoms in total. The maximum absolute atomic E-state index is 9.84. The van der Waals surface area contributed by atoms with Crippen LogP contribution in [0.15, 0.2) is 18.2 Å². The minimum absolute atomic E-state index is 0.285. The number of hydrogen-bond donors (Lipinski definition) is 2. The van der Waals surface area contributed by atoms with Crippen molar-refractivity contribution in [2.45, 2.75) is 45.8 Å². The molecule has 1 aromatic carbocycles. The Bertz CT molecular complexity index is 384. The maximum Gasteiger partial charge on any atom is 0.119 e. The molecule has 108 valence electrons. The molecule has 0 aliphatic carbocycles. The van der Waals surface area contributed by atoms with Gasteiger partial charge < -0.3 is 15.2 Å². The molecule has 0 heterocycles. The Morgan fingerprint density at radius 3 is 2.79 bits per heavy atom. The van der Waals surface area contributed by atoms with E-state index in [1.54, 1.807) is 6.07 Å². The van der Waals surface area contributed by atoms with Crippen molar-refractivity contribution in [3.63, 3.8) is 0 Å². The maximum atomic E-state index is 9.84. The molecule has 0 aromatic heterocycles. The van der Waals surface area contributed by atoms with Crippen molar-refractivity contribution in [3.05, 3.63) is 28.8 Å². The molecular formula is C15H24ClNO2. The van der Waals surface area contributed by atoms with Crippen molar-refractivity contribution < 1.29 is 9.84 Å². The normalized spacial score (nSPS) is 14.2. The van der Waals surface area contributed by atoms with Gasteiger partial charge >= 0.3 is 0 Å². The molecule has 1 aromatic rings. The van der Waals surface area contributed by atoms with E-state index in [4.69, 9.17) is 16.3 Å². The average Bonchev–Trinajstić information content (AvgIpc) is 2.38. The van der Waals surface area contributed by atoms with Gasteiger partial charge in [-0.1, -0.05) is 24.9 Å². The number of nitrogens with one attached hydrogen (secondary N) is 1. The lowest BCUT2D eigenvalue weighted by molar-refractivity contribution is 0.104. The Kier molecular flexibility index (Phi) is 7.21. The summed E-state index contributed by atoms with van der Waals surface area (Å²) in [6.07, 6.45) is 1.75. The van der Waals surface area contributed by atoms with Crippen LogP contribution in [0.1, 0.15) is 32.3 Å². The van der Waals surface area contributed by atoms with E-state index < -0.39 is 6.10 Å². The molecule has 0 amide bonds. The van der Waals surface area contributed by atoms with Gasteiger partial charge in [-0.15, -0.1) is 0 Å². The second kappa shape index (κ2) is 8.41. The van der Waals surface area contributed by atoms with Gasteiger partial charge in [0.15, 0.2) is 0 Å². The molecule has 0 aliphatic heterocycles. The molecule has 1 rings (SSSR count). The van der Waals surface area contributed by atoms with Gasteiger partial charge in [0.1, 0.15) is 18.5 Å². The van der Waals surface area contributed by atoms with Crippen LogP contribution < -0.4 is 10.1 Å². The van der Waals surface area contributed by atoms with Crippen LogP contribution in [0, 0.1) is 6.92 Å². The van der Waals surface area contributed by atoms with Crippen LogP contribution in [0.3, 0.4) is 0 Å². The molecule has 4 heteroatoms. The van der Waals surface area contributed by atoms with Crippen molar-refractivity contribution in [1.82, 2.24) is 5.32 Å². The molecule has 0 saturated carbocycles. The highest BCUT2D eigenvalue weighted by Crippen LogP contribution is 2.21. The van der Waals surface area contributed by atoms with Gasteiger partial charge in [0, 0.05) is 17.6 Å². The van der Waals surface area contributed by atoms with Crippen LogP contribution in [0.4, 0.5) is 0 Å². The summed E-state index contributed by atoms with van der Waals surface area (Å²) in [4.78, 5) is 0. The third-order valence-electron chi connectivity index (χ3n) is 3.00. The summed E-state index contributed by atoms with van der Waals surface area (Å²) in [7, 11) is 0. The van der Waals surface area contributed by atoms with Crippen LogP contribution in [0.5, 0.6) is 5.75 Å². The average molecular weight is 286 g/mol. The molecular weight excluding hydrogens is 262 g/mol. The summed E-state index contributed by atoms with van der Waals surface area (Å²) in [5.41, 5.74) is 0.975. The lowest BCUT2D eigenvalue weighted by Crippen LogP contribution is -2.36. The van der Waals surface area contributed by atoms with E-state index in [2.05, 4.69) is 19.2 Å². The Hall–Kier alpha value is -0.770. The summed E-state index contributed by atoms with van der Waals surface area (Å²) in [6, 6.07) is 5.93. The highest BCUT2D eigenvalue weighted by atomic mass is 35.5. The predicted molar refractivity (Wildman–Crippen MR) is 80.1 cm³/mol. The second-order valence-electron chi connectivity index (χ2n) is 4.97. The van der Waals surface area contributed by atoms with E-state index in [-0.39, 0.29) is 6.61 Å². The van der Waals surface area contributed by atoms with Gasteiger partial charge in [0.2, 0.25) is 0 Å². The Balaban J connectivity index is 2.29. The van der Waals surface area contributed by atoms with Gasteiger partial charge in [-0.25, -0.2) is 0 Å². The van der Waals surface area contributed by atoms with Gasteiger partial charge in [0.05, 0.1) is 0 Å². The molecule has 0 fully saturated rings. The van der Waals surface area contributed by atoms with Crippen molar-refractivity contribution in [3.8, 4) is 5.75 Å². The van der Waals surface area contributed by atoms with Gasteiger partial charge in [0.25, 0.3) is 0 Å². The summed E-state index contributed by atoms with van der Waals surface area (Å²) in [6.45, 7) is 7.04. The SMILES string of the molecule is CCCC(C)NCC(O)COc1ccc(Cl)c(C)c1. The third kappa shape index (κ3) is 6.28. The van der Waals surface area contributed by atoms with Crippen LogP contribution in [0.25, 0.3) is 0 Å². The van der Waals surface area contributed by atoms with Crippen molar-refractivity contribution in [1.29, 1.82) is 0 Å². The summed E-state index contributed by atoms with van der Waals surface area (Å²) in [5.74, 6) is 0.738. The van der Waals surface area contributed by atoms with Crippen molar-refractivity contribution in [2.75, 3.05) is 13.2 Å². The van der Waals surface area contributed by atoms with Gasteiger partial charge in [-0.2, -0.15) is 0 Å². The number of aryl methyl sites for hydroxylation is 1. The zero-order valence-corrected chi connectivity index (χ0v) is 12.7. The standard InChI is InChI=1S/C15H24ClNO2/c1-4-5-12(3)17-9-13(18)10-19-14-6-7-15(16)11(2)8-14/h6-8,12-13,17-18H,4-5,9-10H2,1-3H3. The number of ether oxygens (including phenoxy) is 1. The third-order valence-corrected chi connectivity index (χ3v) is 3.42. The summed E-state index contributed by atoms with van der Waals surface area (Å²) >= 11 is 5.94. The highest BCUT2D eigenvalue weighted by Gasteiger charge is 2.08. The number of aliphatic hydroxyl groups excluding tert-OH is 1. The lowest BCUT2D eigenvalue weighted by atomic mass is 10.2. The molecule has 0 bridgehead atoms. The monoisotopic (exact) mass is 285 g/mol. The fraction of sp³-hybridized carbons (Fsp3) is 0.600. The van der Waals surface area contributed by atoms with Crippen molar-refractivity contribution in [2.24, 2.45) is 0 Å². The van der Waals surface area contributed by atoms with Gasteiger partial charge in [-0.05, 0) is 44.0 Å². The Morgan fingerprint density at radius 2 is 2.16 bits per heavy atom. The molecule has 19 heavy (non-hydrogen) atoms. The van der Waals surface area contributed by atoms with E-state index >= 15 is 0 Å². The number of benzene rings is 1. The van der Waals surface area contributed by atoms with E-state index in [0.717, 1.165) is 29.2 Å². The lowest BCUT2D eigenvalue weighted by Gasteiger charge is -2.17. The van der Waals surface area contributed by atoms with Crippen molar-refractivity contribution >= 4 is 11.6 Å².